The van der Waals surface area contributed by atoms with Crippen LogP contribution >= 0.6 is 0 Å². The highest BCUT2D eigenvalue weighted by Gasteiger charge is 2.41. The van der Waals surface area contributed by atoms with E-state index in [4.69, 9.17) is 9.47 Å². The molecule has 7 nitrogen and oxygen atoms in total. The smallest absolute Gasteiger partial charge is 0.274 e. The van der Waals surface area contributed by atoms with Gasteiger partial charge in [0.25, 0.3) is 5.91 Å². The quantitative estimate of drug-likeness (QED) is 0.908. The minimum Gasteiger partial charge on any atom is -0.347 e. The highest BCUT2D eigenvalue weighted by molar-refractivity contribution is 5.92. The monoisotopic (exact) mass is 358 g/mol. The van der Waals surface area contributed by atoms with E-state index in [0.717, 1.165) is 0 Å². The molecule has 1 spiro atoms. The minimum atomic E-state index is -0.509. The molecule has 0 aliphatic carbocycles. The van der Waals surface area contributed by atoms with Crippen molar-refractivity contribution >= 4 is 17.4 Å². The van der Waals surface area contributed by atoms with Crippen molar-refractivity contribution in [3.05, 3.63) is 47.9 Å². The zero-order valence-electron chi connectivity index (χ0n) is 14.2. The second-order valence-corrected chi connectivity index (χ2v) is 6.34. The molecule has 136 valence electrons. The first-order valence-corrected chi connectivity index (χ1v) is 8.57. The number of anilines is 2. The van der Waals surface area contributed by atoms with Crippen LogP contribution in [0.4, 0.5) is 15.9 Å². The second kappa shape index (κ2) is 6.97. The van der Waals surface area contributed by atoms with Gasteiger partial charge in [-0.05, 0) is 36.4 Å². The normalized spacial score (nSPS) is 18.9. The van der Waals surface area contributed by atoms with Gasteiger partial charge in [0.2, 0.25) is 0 Å². The van der Waals surface area contributed by atoms with E-state index in [1.807, 2.05) is 0 Å². The third kappa shape index (κ3) is 3.51. The van der Waals surface area contributed by atoms with Gasteiger partial charge in [-0.1, -0.05) is 0 Å². The first-order chi connectivity index (χ1) is 12.6. The predicted octanol–water partition coefficient (Wildman–Crippen LogP) is 2.34. The van der Waals surface area contributed by atoms with Crippen LogP contribution in [0.3, 0.4) is 0 Å². The topological polar surface area (TPSA) is 76.6 Å². The average Bonchev–Trinajstić information content (AvgIpc) is 3.12. The van der Waals surface area contributed by atoms with Crippen LogP contribution in [0.2, 0.25) is 0 Å². The molecule has 0 radical (unpaired) electrons. The number of piperidine rings is 1. The lowest BCUT2D eigenvalue weighted by Crippen LogP contribution is -2.47. The van der Waals surface area contributed by atoms with Crippen LogP contribution in [0.25, 0.3) is 0 Å². The summed E-state index contributed by atoms with van der Waals surface area (Å²) in [6.07, 6.45) is 1.33. The molecule has 2 fully saturated rings. The largest absolute Gasteiger partial charge is 0.347 e. The molecule has 1 N–H and O–H groups in total. The first-order valence-electron chi connectivity index (χ1n) is 8.57. The zero-order chi connectivity index (χ0) is 18.0. The second-order valence-electron chi connectivity index (χ2n) is 6.34. The van der Waals surface area contributed by atoms with Crippen LogP contribution in [-0.4, -0.2) is 53.1 Å². The highest BCUT2D eigenvalue weighted by atomic mass is 19.1. The Morgan fingerprint density at radius 1 is 1.04 bits per heavy atom. The Morgan fingerprint density at radius 2 is 1.73 bits per heavy atom. The van der Waals surface area contributed by atoms with Gasteiger partial charge < -0.3 is 19.7 Å². The Morgan fingerprint density at radius 3 is 2.35 bits per heavy atom. The number of ether oxygens (including phenoxy) is 2. The molecule has 1 aromatic carbocycles. The molecule has 1 amide bonds. The van der Waals surface area contributed by atoms with Crippen molar-refractivity contribution in [1.29, 1.82) is 0 Å². The van der Waals surface area contributed by atoms with Crippen molar-refractivity contribution in [3.8, 4) is 0 Å². The third-order valence-electron chi connectivity index (χ3n) is 4.63. The van der Waals surface area contributed by atoms with Gasteiger partial charge in [0.1, 0.15) is 5.82 Å². The number of carbonyl (C=O) groups is 1. The molecule has 0 saturated carbocycles. The molecular formula is C18H19FN4O3. The number of benzene rings is 1. The number of hydrogen-bond donors (Lipinski definition) is 1. The number of likely N-dealkylation sites (tertiary alicyclic amines) is 1. The lowest BCUT2D eigenvalue weighted by Gasteiger charge is -2.37. The maximum absolute atomic E-state index is 12.9. The summed E-state index contributed by atoms with van der Waals surface area (Å²) in [5, 5.41) is 11.1. The Kier molecular flexibility index (Phi) is 4.52. The van der Waals surface area contributed by atoms with E-state index in [0.29, 0.717) is 56.3 Å². The lowest BCUT2D eigenvalue weighted by molar-refractivity contribution is -0.181. The van der Waals surface area contributed by atoms with Crippen molar-refractivity contribution in [1.82, 2.24) is 15.1 Å². The molecule has 0 unspecified atom stereocenters. The maximum atomic E-state index is 12.9. The number of carbonyl (C=O) groups excluding carboxylic acids is 1. The fraction of sp³-hybridized carbons (Fsp3) is 0.389. The van der Waals surface area contributed by atoms with E-state index in [1.165, 1.54) is 12.1 Å². The van der Waals surface area contributed by atoms with Crippen LogP contribution in [0.15, 0.2) is 36.4 Å². The van der Waals surface area contributed by atoms with Crippen molar-refractivity contribution in [2.45, 2.75) is 18.6 Å². The van der Waals surface area contributed by atoms with E-state index in [2.05, 4.69) is 15.5 Å². The molecule has 2 aromatic rings. The highest BCUT2D eigenvalue weighted by Crippen LogP contribution is 2.31. The van der Waals surface area contributed by atoms with Crippen LogP contribution in [-0.2, 0) is 9.47 Å². The Bertz CT molecular complexity index is 766. The van der Waals surface area contributed by atoms with E-state index in [1.54, 1.807) is 29.2 Å². The van der Waals surface area contributed by atoms with Gasteiger partial charge in [0.15, 0.2) is 17.3 Å². The van der Waals surface area contributed by atoms with E-state index >= 15 is 0 Å². The average molecular weight is 358 g/mol. The Balaban J connectivity index is 1.37. The summed E-state index contributed by atoms with van der Waals surface area (Å²) >= 11 is 0. The van der Waals surface area contributed by atoms with Gasteiger partial charge in [-0.25, -0.2) is 4.39 Å². The summed E-state index contributed by atoms with van der Waals surface area (Å²) in [5.74, 6) is -0.484. The number of halogens is 1. The summed E-state index contributed by atoms with van der Waals surface area (Å²) in [6.45, 7) is 2.36. The molecule has 2 saturated heterocycles. The molecule has 4 rings (SSSR count). The van der Waals surface area contributed by atoms with Gasteiger partial charge in [0.05, 0.1) is 13.2 Å². The summed E-state index contributed by atoms with van der Waals surface area (Å²) < 4.78 is 24.3. The number of nitrogens with zero attached hydrogens (tertiary/aromatic N) is 3. The van der Waals surface area contributed by atoms with Gasteiger partial charge >= 0.3 is 0 Å². The molecule has 26 heavy (non-hydrogen) atoms. The van der Waals surface area contributed by atoms with Gasteiger partial charge in [-0.15, -0.1) is 10.2 Å². The van der Waals surface area contributed by atoms with Crippen molar-refractivity contribution in [3.63, 3.8) is 0 Å². The number of amides is 1. The maximum Gasteiger partial charge on any atom is 0.274 e. The van der Waals surface area contributed by atoms with Crippen LogP contribution in [0.1, 0.15) is 23.3 Å². The summed E-state index contributed by atoms with van der Waals surface area (Å²) in [5.41, 5.74) is 0.983. The van der Waals surface area contributed by atoms with E-state index in [9.17, 15) is 9.18 Å². The number of hydrogen-bond acceptors (Lipinski definition) is 6. The summed E-state index contributed by atoms with van der Waals surface area (Å²) in [7, 11) is 0. The molecule has 3 heterocycles. The number of nitrogens with one attached hydrogen (secondary N) is 1. The number of rotatable bonds is 3. The molecular weight excluding hydrogens is 339 g/mol. The Hall–Kier alpha value is -2.58. The molecule has 2 aliphatic heterocycles. The molecule has 1 aromatic heterocycles. The molecule has 0 bridgehead atoms. The SMILES string of the molecule is O=C(c1ccc(Nc2ccc(F)cc2)nn1)N1CCC2(CC1)OCCO2. The first kappa shape index (κ1) is 16.9. The third-order valence-corrected chi connectivity index (χ3v) is 4.63. The fourth-order valence-corrected chi connectivity index (χ4v) is 3.19. The van der Waals surface area contributed by atoms with Crippen molar-refractivity contribution in [2.75, 3.05) is 31.6 Å². The van der Waals surface area contributed by atoms with Crippen molar-refractivity contribution < 1.29 is 18.7 Å². The van der Waals surface area contributed by atoms with E-state index < -0.39 is 5.79 Å². The number of aromatic nitrogens is 2. The van der Waals surface area contributed by atoms with Gasteiger partial charge in [-0.3, -0.25) is 4.79 Å². The standard InChI is InChI=1S/C18H19FN4O3/c19-13-1-3-14(4-2-13)20-16-6-5-15(21-22-16)17(24)23-9-7-18(8-10-23)25-11-12-26-18/h1-6H,7-12H2,(H,20,22). The van der Waals surface area contributed by atoms with Crippen LogP contribution in [0.5, 0.6) is 0 Å². The lowest BCUT2D eigenvalue weighted by atomic mass is 10.0. The van der Waals surface area contributed by atoms with Gasteiger partial charge in [0, 0.05) is 31.6 Å². The fourth-order valence-electron chi connectivity index (χ4n) is 3.19. The minimum absolute atomic E-state index is 0.154. The van der Waals surface area contributed by atoms with E-state index in [-0.39, 0.29) is 11.7 Å². The van der Waals surface area contributed by atoms with Crippen LogP contribution < -0.4 is 5.32 Å². The zero-order valence-corrected chi connectivity index (χ0v) is 14.2. The van der Waals surface area contributed by atoms with Crippen molar-refractivity contribution in [2.24, 2.45) is 0 Å². The van der Waals surface area contributed by atoms with Gasteiger partial charge in [-0.2, -0.15) is 0 Å². The summed E-state index contributed by atoms with van der Waals surface area (Å²) in [4.78, 5) is 14.3. The Labute approximate surface area is 150 Å². The molecule has 0 atom stereocenters. The van der Waals surface area contributed by atoms with Crippen LogP contribution in [0, 0.1) is 5.82 Å². The predicted molar refractivity (Wildman–Crippen MR) is 91.5 cm³/mol. The molecule has 8 heteroatoms. The molecule has 2 aliphatic rings. The summed E-state index contributed by atoms with van der Waals surface area (Å²) in [6, 6.07) is 9.23.